The third-order valence-corrected chi connectivity index (χ3v) is 7.37. The summed E-state index contributed by atoms with van der Waals surface area (Å²) in [6, 6.07) is 31.9. The Kier molecular flexibility index (Phi) is 6.60. The zero-order valence-corrected chi connectivity index (χ0v) is 20.5. The molecule has 0 heterocycles. The molecule has 1 fully saturated rings. The Morgan fingerprint density at radius 1 is 0.543 bits per heavy atom. The summed E-state index contributed by atoms with van der Waals surface area (Å²) in [4.78, 5) is 0. The molecule has 1 saturated carbocycles. The molecule has 0 aromatic heterocycles. The fraction of sp³-hybridized carbons (Fsp3) is 0.200. The number of hydrogen-bond donors (Lipinski definition) is 3. The highest BCUT2D eigenvalue weighted by atomic mass is 32.1. The van der Waals surface area contributed by atoms with Crippen LogP contribution in [0.15, 0.2) is 97.1 Å². The van der Waals surface area contributed by atoms with Crippen molar-refractivity contribution < 1.29 is 9.47 Å². The van der Waals surface area contributed by atoms with Gasteiger partial charge in [-0.05, 0) is 110 Å². The van der Waals surface area contributed by atoms with Crippen LogP contribution in [0.1, 0.15) is 36.8 Å². The third kappa shape index (κ3) is 5.25. The van der Waals surface area contributed by atoms with Gasteiger partial charge in [0.1, 0.15) is 23.0 Å². The van der Waals surface area contributed by atoms with Gasteiger partial charge in [0.15, 0.2) is 0 Å². The highest BCUT2D eigenvalue weighted by molar-refractivity contribution is 7.80. The molecule has 1 aliphatic carbocycles. The van der Waals surface area contributed by atoms with Crippen LogP contribution in [0.25, 0.3) is 0 Å². The molecule has 5 heteroatoms. The monoisotopic (exact) mass is 482 g/mol. The minimum absolute atomic E-state index is 0.0569. The first-order valence-corrected chi connectivity index (χ1v) is 12.5. The van der Waals surface area contributed by atoms with Crippen molar-refractivity contribution in [3.63, 3.8) is 0 Å². The Morgan fingerprint density at radius 3 is 1.20 bits per heavy atom. The van der Waals surface area contributed by atoms with Crippen LogP contribution in [0.2, 0.25) is 0 Å². The Balaban J connectivity index is 1.39. The van der Waals surface area contributed by atoms with Gasteiger partial charge < -0.3 is 20.9 Å². The van der Waals surface area contributed by atoms with Crippen molar-refractivity contribution in [3.05, 3.63) is 108 Å². The van der Waals surface area contributed by atoms with Crippen molar-refractivity contribution in [2.45, 2.75) is 36.3 Å². The number of rotatable bonds is 6. The molecule has 0 saturated heterocycles. The summed E-state index contributed by atoms with van der Waals surface area (Å²) in [5.41, 5.74) is 15.6. The second-order valence-corrected chi connectivity index (χ2v) is 9.93. The zero-order chi connectivity index (χ0) is 24.3. The summed E-state index contributed by atoms with van der Waals surface area (Å²) < 4.78 is 12.0. The molecule has 0 aliphatic heterocycles. The predicted octanol–water partition coefficient (Wildman–Crippen LogP) is 7.59. The van der Waals surface area contributed by atoms with Crippen LogP contribution in [0.5, 0.6) is 23.0 Å². The van der Waals surface area contributed by atoms with Crippen LogP contribution < -0.4 is 20.9 Å². The van der Waals surface area contributed by atoms with Crippen molar-refractivity contribution in [1.29, 1.82) is 0 Å². The molecule has 4 nitrogen and oxygen atoms in total. The first kappa shape index (κ1) is 23.2. The predicted molar refractivity (Wildman–Crippen MR) is 147 cm³/mol. The van der Waals surface area contributed by atoms with Crippen LogP contribution in [0.3, 0.4) is 0 Å². The Labute approximate surface area is 212 Å². The Bertz CT molecular complexity index is 1150. The highest BCUT2D eigenvalue weighted by Crippen LogP contribution is 2.46. The summed E-state index contributed by atoms with van der Waals surface area (Å²) in [5, 5.41) is 0.448. The van der Waals surface area contributed by atoms with Gasteiger partial charge >= 0.3 is 0 Å². The lowest BCUT2D eigenvalue weighted by molar-refractivity contribution is 0.353. The molecule has 4 aromatic carbocycles. The third-order valence-electron chi connectivity index (χ3n) is 6.85. The highest BCUT2D eigenvalue weighted by Gasteiger charge is 2.37. The van der Waals surface area contributed by atoms with Crippen molar-refractivity contribution in [2.75, 3.05) is 11.5 Å². The van der Waals surface area contributed by atoms with Crippen LogP contribution in [0, 0.1) is 0 Å². The number of thiol groups is 1. The second kappa shape index (κ2) is 9.96. The first-order valence-electron chi connectivity index (χ1n) is 12.0. The van der Waals surface area contributed by atoms with Gasteiger partial charge in [-0.15, -0.1) is 0 Å². The van der Waals surface area contributed by atoms with E-state index in [1.54, 1.807) is 0 Å². The molecule has 4 N–H and O–H groups in total. The molecule has 0 bridgehead atoms. The molecule has 0 atom stereocenters. The molecular weight excluding hydrogens is 452 g/mol. The van der Waals surface area contributed by atoms with Gasteiger partial charge in [0, 0.05) is 22.0 Å². The number of nitrogen functional groups attached to an aromatic ring is 2. The fourth-order valence-electron chi connectivity index (χ4n) is 4.87. The molecule has 0 amide bonds. The normalized spacial score (nSPS) is 15.5. The number of ether oxygens (including phenoxy) is 2. The van der Waals surface area contributed by atoms with Gasteiger partial charge in [0.25, 0.3) is 0 Å². The number of benzene rings is 4. The van der Waals surface area contributed by atoms with E-state index < -0.39 is 0 Å². The SMILES string of the molecule is Nc1ccc(Oc2ccc(C3(c4ccc(Oc5ccc(N)cc5)cc4)CCC(S)CC3)cc2)cc1. The molecule has 0 radical (unpaired) electrons. The minimum atomic E-state index is -0.0569. The molecule has 1 aliphatic rings. The van der Waals surface area contributed by atoms with E-state index in [9.17, 15) is 0 Å². The quantitative estimate of drug-likeness (QED) is 0.195. The lowest BCUT2D eigenvalue weighted by atomic mass is 9.65. The van der Waals surface area contributed by atoms with E-state index in [1.165, 1.54) is 11.1 Å². The van der Waals surface area contributed by atoms with Crippen molar-refractivity contribution in [3.8, 4) is 23.0 Å². The smallest absolute Gasteiger partial charge is 0.127 e. The maximum atomic E-state index is 6.02. The van der Waals surface area contributed by atoms with E-state index in [1.807, 2.05) is 48.5 Å². The van der Waals surface area contributed by atoms with Crippen molar-refractivity contribution in [1.82, 2.24) is 0 Å². The topological polar surface area (TPSA) is 70.5 Å². The molecule has 0 spiro atoms. The first-order chi connectivity index (χ1) is 17.0. The Hall–Kier alpha value is -3.57. The summed E-state index contributed by atoms with van der Waals surface area (Å²) in [6.45, 7) is 0. The van der Waals surface area contributed by atoms with E-state index in [0.717, 1.165) is 60.1 Å². The van der Waals surface area contributed by atoms with Crippen LogP contribution in [-0.4, -0.2) is 5.25 Å². The largest absolute Gasteiger partial charge is 0.457 e. The van der Waals surface area contributed by atoms with Gasteiger partial charge in [0.05, 0.1) is 0 Å². The average Bonchev–Trinajstić information content (AvgIpc) is 2.89. The maximum Gasteiger partial charge on any atom is 0.127 e. The summed E-state index contributed by atoms with van der Waals surface area (Å²) >= 11 is 4.76. The molecular formula is C30H30N2O2S. The van der Waals surface area contributed by atoms with E-state index in [0.29, 0.717) is 5.25 Å². The molecule has 4 aromatic rings. The molecule has 0 unspecified atom stereocenters. The Morgan fingerprint density at radius 2 is 0.857 bits per heavy atom. The molecule has 178 valence electrons. The second-order valence-electron chi connectivity index (χ2n) is 9.20. The lowest BCUT2D eigenvalue weighted by Gasteiger charge is -2.40. The van der Waals surface area contributed by atoms with Gasteiger partial charge in [-0.1, -0.05) is 24.3 Å². The molecule has 35 heavy (non-hydrogen) atoms. The summed E-state index contributed by atoms with van der Waals surface area (Å²) in [7, 11) is 0. The van der Waals surface area contributed by atoms with E-state index in [4.69, 9.17) is 33.6 Å². The summed E-state index contributed by atoms with van der Waals surface area (Å²) in [6.07, 6.45) is 4.27. The molecule has 5 rings (SSSR count). The average molecular weight is 483 g/mol. The van der Waals surface area contributed by atoms with Gasteiger partial charge in [0.2, 0.25) is 0 Å². The van der Waals surface area contributed by atoms with E-state index in [-0.39, 0.29) is 5.41 Å². The van der Waals surface area contributed by atoms with Crippen LogP contribution in [0.4, 0.5) is 11.4 Å². The van der Waals surface area contributed by atoms with Crippen molar-refractivity contribution >= 4 is 24.0 Å². The van der Waals surface area contributed by atoms with E-state index in [2.05, 4.69) is 48.5 Å². The van der Waals surface area contributed by atoms with Crippen molar-refractivity contribution in [2.24, 2.45) is 0 Å². The maximum absolute atomic E-state index is 6.02. The minimum Gasteiger partial charge on any atom is -0.457 e. The number of nitrogens with two attached hydrogens (primary N) is 2. The standard InChI is InChI=1S/C30H30N2O2S/c31-23-5-13-27(14-6-23)33-25-9-1-21(2-10-25)30(19-17-29(35)18-20-30)22-3-11-26(12-4-22)34-28-15-7-24(32)8-16-28/h1-16,29,35H,17-20,31-32H2. The lowest BCUT2D eigenvalue weighted by Crippen LogP contribution is -2.33. The van der Waals surface area contributed by atoms with Crippen LogP contribution in [-0.2, 0) is 5.41 Å². The van der Waals surface area contributed by atoms with Gasteiger partial charge in [-0.25, -0.2) is 0 Å². The zero-order valence-electron chi connectivity index (χ0n) is 19.6. The van der Waals surface area contributed by atoms with Crippen LogP contribution >= 0.6 is 12.6 Å². The number of hydrogen-bond acceptors (Lipinski definition) is 5. The van der Waals surface area contributed by atoms with Gasteiger partial charge in [-0.3, -0.25) is 0 Å². The van der Waals surface area contributed by atoms with Gasteiger partial charge in [-0.2, -0.15) is 12.6 Å². The summed E-state index contributed by atoms with van der Waals surface area (Å²) in [5.74, 6) is 3.16. The number of anilines is 2. The van der Waals surface area contributed by atoms with E-state index >= 15 is 0 Å². The fourth-order valence-corrected chi connectivity index (χ4v) is 5.13.